The van der Waals surface area contributed by atoms with Gasteiger partial charge >= 0.3 is 11.9 Å². The molecule has 0 aliphatic carbocycles. The zero-order valence-corrected chi connectivity index (χ0v) is 10.1. The van der Waals surface area contributed by atoms with E-state index in [1.165, 1.54) is 0 Å². The minimum absolute atomic E-state index is 0.130. The maximum absolute atomic E-state index is 11.8. The summed E-state index contributed by atoms with van der Waals surface area (Å²) in [4.78, 5) is 23.7. The minimum Gasteiger partial charge on any atom is -0.465 e. The summed E-state index contributed by atoms with van der Waals surface area (Å²) in [6.45, 7) is 3.57. The van der Waals surface area contributed by atoms with Gasteiger partial charge in [-0.25, -0.2) is 0 Å². The Labute approximate surface area is 102 Å². The van der Waals surface area contributed by atoms with Crippen molar-refractivity contribution in [3.8, 4) is 24.7 Å². The second kappa shape index (κ2) is 7.35. The Morgan fingerprint density at radius 2 is 1.35 bits per heavy atom. The fourth-order valence-electron chi connectivity index (χ4n) is 1.32. The number of carbonyl (C=O) groups excluding carboxylic acids is 2. The van der Waals surface area contributed by atoms with Gasteiger partial charge in [0.25, 0.3) is 0 Å². The van der Waals surface area contributed by atoms with Crippen molar-refractivity contribution in [1.82, 2.24) is 0 Å². The van der Waals surface area contributed by atoms with E-state index in [9.17, 15) is 9.59 Å². The van der Waals surface area contributed by atoms with Crippen LogP contribution in [0.2, 0.25) is 0 Å². The highest BCUT2D eigenvalue weighted by Gasteiger charge is 2.47. The molecule has 4 nitrogen and oxygen atoms in total. The second-order valence-electron chi connectivity index (χ2n) is 3.28. The number of hydrogen-bond acceptors (Lipinski definition) is 4. The highest BCUT2D eigenvalue weighted by Crippen LogP contribution is 2.30. The Bertz CT molecular complexity index is 321. The first kappa shape index (κ1) is 15.1. The van der Waals surface area contributed by atoms with Crippen LogP contribution in [0.15, 0.2) is 0 Å². The summed E-state index contributed by atoms with van der Waals surface area (Å²) in [5.74, 6) is 3.09. The van der Waals surface area contributed by atoms with Crippen molar-refractivity contribution in [2.24, 2.45) is 5.41 Å². The van der Waals surface area contributed by atoms with Gasteiger partial charge in [-0.2, -0.15) is 0 Å². The van der Waals surface area contributed by atoms with E-state index in [2.05, 4.69) is 11.8 Å². The highest BCUT2D eigenvalue weighted by molar-refractivity contribution is 6.00. The molecule has 0 amide bonds. The van der Waals surface area contributed by atoms with E-state index in [-0.39, 0.29) is 26.1 Å². The molecule has 0 saturated carbocycles. The van der Waals surface area contributed by atoms with Crippen LogP contribution < -0.4 is 0 Å². The van der Waals surface area contributed by atoms with E-state index in [1.807, 2.05) is 0 Å². The lowest BCUT2D eigenvalue weighted by molar-refractivity contribution is -0.171. The molecule has 17 heavy (non-hydrogen) atoms. The van der Waals surface area contributed by atoms with Crippen LogP contribution in [0.4, 0.5) is 0 Å². The van der Waals surface area contributed by atoms with Crippen LogP contribution in [-0.2, 0) is 19.1 Å². The number of terminal acetylenes is 2. The van der Waals surface area contributed by atoms with Crippen LogP contribution in [0, 0.1) is 30.1 Å². The fraction of sp³-hybridized carbons (Fsp3) is 0.538. The number of hydrogen-bond donors (Lipinski definition) is 0. The molecule has 0 aliphatic heterocycles. The summed E-state index contributed by atoms with van der Waals surface area (Å²) in [5.41, 5.74) is -1.57. The molecule has 92 valence electrons. The Hall–Kier alpha value is -1.94. The lowest BCUT2D eigenvalue weighted by atomic mass is 9.81. The van der Waals surface area contributed by atoms with Gasteiger partial charge in [0.15, 0.2) is 5.41 Å². The van der Waals surface area contributed by atoms with E-state index in [4.69, 9.17) is 22.3 Å². The molecular weight excluding hydrogens is 220 g/mol. The topological polar surface area (TPSA) is 52.6 Å². The third kappa shape index (κ3) is 3.53. The molecule has 0 atom stereocenters. The molecule has 0 aromatic rings. The fourth-order valence-corrected chi connectivity index (χ4v) is 1.32. The molecule has 0 saturated heterocycles. The van der Waals surface area contributed by atoms with Gasteiger partial charge in [-0.3, -0.25) is 9.59 Å². The maximum atomic E-state index is 11.8. The highest BCUT2D eigenvalue weighted by atomic mass is 16.6. The zero-order valence-electron chi connectivity index (χ0n) is 10.1. The summed E-state index contributed by atoms with van der Waals surface area (Å²) >= 11 is 0. The van der Waals surface area contributed by atoms with Crippen molar-refractivity contribution in [3.05, 3.63) is 0 Å². The van der Waals surface area contributed by atoms with Crippen LogP contribution >= 0.6 is 0 Å². The number of esters is 2. The average molecular weight is 236 g/mol. The van der Waals surface area contributed by atoms with E-state index in [0.717, 1.165) is 0 Å². The Morgan fingerprint density at radius 1 is 1.00 bits per heavy atom. The predicted molar refractivity (Wildman–Crippen MR) is 62.6 cm³/mol. The van der Waals surface area contributed by atoms with Crippen LogP contribution in [-0.4, -0.2) is 25.2 Å². The minimum atomic E-state index is -1.57. The Balaban J connectivity index is 5.27. The van der Waals surface area contributed by atoms with Crippen LogP contribution in [0.3, 0.4) is 0 Å². The number of carbonyl (C=O) groups is 2. The Kier molecular flexibility index (Phi) is 6.51. The molecule has 4 heteroatoms. The van der Waals surface area contributed by atoms with E-state index >= 15 is 0 Å². The van der Waals surface area contributed by atoms with Crippen molar-refractivity contribution in [3.63, 3.8) is 0 Å². The average Bonchev–Trinajstić information content (AvgIpc) is 2.29. The van der Waals surface area contributed by atoms with Crippen LogP contribution in [0.25, 0.3) is 0 Å². The predicted octanol–water partition coefficient (Wildman–Crippen LogP) is 1.15. The standard InChI is InChI=1S/C13H16O4/c1-5-9-13(10-6-2,11(14)16-7-3)12(15)17-8-4/h1-2H,7-10H2,3-4H3. The molecule has 0 unspecified atom stereocenters. The van der Waals surface area contributed by atoms with Crippen molar-refractivity contribution >= 4 is 11.9 Å². The first-order valence-corrected chi connectivity index (χ1v) is 5.30. The first-order valence-electron chi connectivity index (χ1n) is 5.30. The van der Waals surface area contributed by atoms with Crippen LogP contribution in [0.1, 0.15) is 26.7 Å². The smallest absolute Gasteiger partial charge is 0.325 e. The quantitative estimate of drug-likeness (QED) is 0.394. The molecule has 0 fully saturated rings. The van der Waals surface area contributed by atoms with Gasteiger partial charge in [-0.1, -0.05) is 0 Å². The molecule has 0 heterocycles. The zero-order chi connectivity index (χ0) is 13.3. The molecule has 0 radical (unpaired) electrons. The van der Waals surface area contributed by atoms with E-state index in [1.54, 1.807) is 13.8 Å². The lowest BCUT2D eigenvalue weighted by Gasteiger charge is -2.25. The third-order valence-corrected chi connectivity index (χ3v) is 2.14. The normalized spacial score (nSPS) is 9.88. The van der Waals surface area contributed by atoms with Crippen molar-refractivity contribution in [2.75, 3.05) is 13.2 Å². The molecule has 0 spiro atoms. The molecule has 0 aliphatic rings. The Morgan fingerprint density at radius 3 is 1.59 bits per heavy atom. The molecule has 0 N–H and O–H groups in total. The van der Waals surface area contributed by atoms with Crippen LogP contribution in [0.5, 0.6) is 0 Å². The van der Waals surface area contributed by atoms with Crippen molar-refractivity contribution in [2.45, 2.75) is 26.7 Å². The third-order valence-electron chi connectivity index (χ3n) is 2.14. The SMILES string of the molecule is C#CCC(CC#C)(C(=O)OCC)C(=O)OCC. The summed E-state index contributed by atoms with van der Waals surface area (Å²) < 4.78 is 9.70. The summed E-state index contributed by atoms with van der Waals surface area (Å²) in [6.07, 6.45) is 10.1. The molecule has 0 rings (SSSR count). The van der Waals surface area contributed by atoms with Crippen molar-refractivity contribution in [1.29, 1.82) is 0 Å². The molecular formula is C13H16O4. The maximum Gasteiger partial charge on any atom is 0.325 e. The van der Waals surface area contributed by atoms with Crippen molar-refractivity contribution < 1.29 is 19.1 Å². The second-order valence-corrected chi connectivity index (χ2v) is 3.28. The van der Waals surface area contributed by atoms with E-state index in [0.29, 0.717) is 0 Å². The molecule has 0 aromatic carbocycles. The van der Waals surface area contributed by atoms with Gasteiger partial charge in [0.05, 0.1) is 13.2 Å². The summed E-state index contributed by atoms with van der Waals surface area (Å²) in [5, 5.41) is 0. The number of rotatable bonds is 6. The van der Waals surface area contributed by atoms with Gasteiger partial charge in [0, 0.05) is 12.8 Å². The van der Waals surface area contributed by atoms with Gasteiger partial charge < -0.3 is 9.47 Å². The molecule has 0 bridgehead atoms. The lowest BCUT2D eigenvalue weighted by Crippen LogP contribution is -2.41. The monoisotopic (exact) mass is 236 g/mol. The largest absolute Gasteiger partial charge is 0.465 e. The van der Waals surface area contributed by atoms with Gasteiger partial charge in [-0.15, -0.1) is 24.7 Å². The van der Waals surface area contributed by atoms with Gasteiger partial charge in [-0.05, 0) is 13.8 Å². The molecule has 0 aromatic heterocycles. The summed E-state index contributed by atoms with van der Waals surface area (Å²) in [6, 6.07) is 0. The summed E-state index contributed by atoms with van der Waals surface area (Å²) in [7, 11) is 0. The number of ether oxygens (including phenoxy) is 2. The first-order chi connectivity index (χ1) is 8.08. The van der Waals surface area contributed by atoms with Gasteiger partial charge in [0.1, 0.15) is 0 Å². The van der Waals surface area contributed by atoms with Gasteiger partial charge in [0.2, 0.25) is 0 Å². The van der Waals surface area contributed by atoms with E-state index < -0.39 is 17.4 Å².